The molecule has 6 nitrogen and oxygen atoms in total. The Morgan fingerprint density at radius 1 is 1.09 bits per heavy atom. The summed E-state index contributed by atoms with van der Waals surface area (Å²) in [5, 5.41) is 6.88. The average molecular weight is 446 g/mol. The van der Waals surface area contributed by atoms with Gasteiger partial charge in [-0.3, -0.25) is 0 Å². The second-order valence-electron chi connectivity index (χ2n) is 9.64. The van der Waals surface area contributed by atoms with Crippen LogP contribution in [0.2, 0.25) is 0 Å². The molecule has 1 saturated heterocycles. The highest BCUT2D eigenvalue weighted by Gasteiger charge is 2.13. The Kier molecular flexibility index (Phi) is 11.9. The van der Waals surface area contributed by atoms with Crippen LogP contribution in [0.25, 0.3) is 0 Å². The smallest absolute Gasteiger partial charge is 0.191 e. The summed E-state index contributed by atoms with van der Waals surface area (Å²) in [6.45, 7) is 19.2. The lowest BCUT2D eigenvalue weighted by Gasteiger charge is -2.32. The number of ether oxygens (including phenoxy) is 1. The Hall–Kier alpha value is -1.79. The molecule has 1 aliphatic rings. The van der Waals surface area contributed by atoms with Gasteiger partial charge in [0.25, 0.3) is 0 Å². The van der Waals surface area contributed by atoms with E-state index in [1.165, 1.54) is 44.7 Å². The summed E-state index contributed by atoms with van der Waals surface area (Å²) in [6, 6.07) is 6.43. The van der Waals surface area contributed by atoms with Crippen LogP contribution in [0.4, 0.5) is 0 Å². The van der Waals surface area contributed by atoms with Crippen molar-refractivity contribution in [2.45, 2.75) is 66.5 Å². The lowest BCUT2D eigenvalue weighted by Crippen LogP contribution is -2.44. The second kappa shape index (κ2) is 14.4. The monoisotopic (exact) mass is 445 g/mol. The summed E-state index contributed by atoms with van der Waals surface area (Å²) >= 11 is 0. The number of benzene rings is 1. The molecular weight excluding hydrogens is 398 g/mol. The number of rotatable bonds is 12. The molecule has 6 heteroatoms. The van der Waals surface area contributed by atoms with Crippen LogP contribution in [0.3, 0.4) is 0 Å². The lowest BCUT2D eigenvalue weighted by molar-refractivity contribution is 0.152. The van der Waals surface area contributed by atoms with Gasteiger partial charge < -0.3 is 25.2 Å². The van der Waals surface area contributed by atoms with E-state index in [4.69, 9.17) is 9.73 Å². The van der Waals surface area contributed by atoms with Crippen LogP contribution in [-0.2, 0) is 6.54 Å². The standard InChI is InChI=1S/C26H47N5O/c1-7-27-26(28-12-8-9-13-31-16-14-30(6)15-17-31)29-20-24-11-10-22(4)19-25(24)32-23(5)18-21(2)3/h10-11,19,21,23H,7-9,12-18,20H2,1-6H3,(H2,27,28,29). The van der Waals surface area contributed by atoms with Gasteiger partial charge in [0, 0.05) is 44.8 Å². The number of aliphatic imine (C=N–C) groups is 1. The quantitative estimate of drug-likeness (QED) is 0.290. The zero-order chi connectivity index (χ0) is 23.3. The first-order valence-corrected chi connectivity index (χ1v) is 12.6. The van der Waals surface area contributed by atoms with Gasteiger partial charge in [0.2, 0.25) is 0 Å². The van der Waals surface area contributed by atoms with E-state index in [1.807, 2.05) is 0 Å². The van der Waals surface area contributed by atoms with Crippen molar-refractivity contribution in [1.82, 2.24) is 20.4 Å². The summed E-state index contributed by atoms with van der Waals surface area (Å²) in [5.41, 5.74) is 2.35. The number of aryl methyl sites for hydroxylation is 1. The van der Waals surface area contributed by atoms with E-state index in [9.17, 15) is 0 Å². The van der Waals surface area contributed by atoms with Crippen molar-refractivity contribution in [3.63, 3.8) is 0 Å². The zero-order valence-corrected chi connectivity index (χ0v) is 21.4. The SMILES string of the molecule is CCNC(=NCc1ccc(C)cc1OC(C)CC(C)C)NCCCCN1CCN(C)CC1. The van der Waals surface area contributed by atoms with Gasteiger partial charge in [0.05, 0.1) is 12.6 Å². The van der Waals surface area contributed by atoms with Crippen LogP contribution >= 0.6 is 0 Å². The van der Waals surface area contributed by atoms with Crippen molar-refractivity contribution in [1.29, 1.82) is 0 Å². The highest BCUT2D eigenvalue weighted by molar-refractivity contribution is 5.79. The van der Waals surface area contributed by atoms with Gasteiger partial charge in [-0.2, -0.15) is 0 Å². The Morgan fingerprint density at radius 3 is 2.53 bits per heavy atom. The number of hydrogen-bond acceptors (Lipinski definition) is 4. The average Bonchev–Trinajstić information content (AvgIpc) is 2.73. The van der Waals surface area contributed by atoms with Crippen LogP contribution in [0.5, 0.6) is 5.75 Å². The summed E-state index contributed by atoms with van der Waals surface area (Å²) in [6.07, 6.45) is 3.63. The Balaban J connectivity index is 1.83. The molecular formula is C26H47N5O. The third-order valence-electron chi connectivity index (χ3n) is 5.90. The fourth-order valence-corrected chi connectivity index (χ4v) is 4.08. The highest BCUT2D eigenvalue weighted by atomic mass is 16.5. The van der Waals surface area contributed by atoms with E-state index in [0.29, 0.717) is 12.5 Å². The van der Waals surface area contributed by atoms with Gasteiger partial charge >= 0.3 is 0 Å². The third kappa shape index (κ3) is 10.2. The van der Waals surface area contributed by atoms with Crippen molar-refractivity contribution in [2.75, 3.05) is 52.9 Å². The van der Waals surface area contributed by atoms with Crippen LogP contribution in [-0.4, -0.2) is 74.7 Å². The molecule has 2 rings (SSSR count). The van der Waals surface area contributed by atoms with E-state index < -0.39 is 0 Å². The molecule has 0 aliphatic carbocycles. The molecule has 0 bridgehead atoms. The van der Waals surface area contributed by atoms with Crippen LogP contribution in [0.15, 0.2) is 23.2 Å². The number of nitrogens with zero attached hydrogens (tertiary/aromatic N) is 3. The van der Waals surface area contributed by atoms with Gasteiger partial charge in [-0.05, 0) is 71.2 Å². The van der Waals surface area contributed by atoms with Gasteiger partial charge in [0.1, 0.15) is 5.75 Å². The van der Waals surface area contributed by atoms with E-state index in [1.54, 1.807) is 0 Å². The molecule has 1 atom stereocenters. The minimum absolute atomic E-state index is 0.200. The Morgan fingerprint density at radius 2 is 1.84 bits per heavy atom. The molecule has 32 heavy (non-hydrogen) atoms. The van der Waals surface area contributed by atoms with E-state index in [0.717, 1.165) is 43.2 Å². The van der Waals surface area contributed by atoms with E-state index in [-0.39, 0.29) is 6.10 Å². The molecule has 1 unspecified atom stereocenters. The normalized spacial score (nSPS) is 16.9. The van der Waals surface area contributed by atoms with Gasteiger partial charge in [0.15, 0.2) is 5.96 Å². The Bertz CT molecular complexity index is 683. The van der Waals surface area contributed by atoms with E-state index in [2.05, 4.69) is 80.3 Å². The minimum Gasteiger partial charge on any atom is -0.490 e. The molecule has 1 heterocycles. The molecule has 0 aromatic heterocycles. The molecule has 1 aromatic rings. The molecule has 1 fully saturated rings. The van der Waals surface area contributed by atoms with Crippen LogP contribution < -0.4 is 15.4 Å². The van der Waals surface area contributed by atoms with Crippen molar-refractivity contribution in [3.05, 3.63) is 29.3 Å². The summed E-state index contributed by atoms with van der Waals surface area (Å²) < 4.78 is 6.29. The number of likely N-dealkylation sites (N-methyl/N-ethyl adjacent to an activating group) is 1. The van der Waals surface area contributed by atoms with Crippen molar-refractivity contribution >= 4 is 5.96 Å². The highest BCUT2D eigenvalue weighted by Crippen LogP contribution is 2.24. The fraction of sp³-hybridized carbons (Fsp3) is 0.731. The fourth-order valence-electron chi connectivity index (χ4n) is 4.08. The molecule has 182 valence electrons. The van der Waals surface area contributed by atoms with Crippen LogP contribution in [0, 0.1) is 12.8 Å². The molecule has 0 spiro atoms. The number of nitrogens with one attached hydrogen (secondary N) is 2. The maximum atomic E-state index is 6.29. The Labute approximate surface area is 196 Å². The summed E-state index contributed by atoms with van der Waals surface area (Å²) in [5.74, 6) is 2.47. The first-order valence-electron chi connectivity index (χ1n) is 12.6. The third-order valence-corrected chi connectivity index (χ3v) is 5.90. The molecule has 1 aliphatic heterocycles. The van der Waals surface area contributed by atoms with Crippen molar-refractivity contribution < 1.29 is 4.74 Å². The summed E-state index contributed by atoms with van der Waals surface area (Å²) in [7, 11) is 2.21. The maximum Gasteiger partial charge on any atom is 0.191 e. The molecule has 1 aromatic carbocycles. The molecule has 0 amide bonds. The lowest BCUT2D eigenvalue weighted by atomic mass is 10.1. The predicted octanol–water partition coefficient (Wildman–Crippen LogP) is 3.89. The number of piperazine rings is 1. The van der Waals surface area contributed by atoms with Gasteiger partial charge in [-0.1, -0.05) is 26.0 Å². The second-order valence-corrected chi connectivity index (χ2v) is 9.64. The number of unbranched alkanes of at least 4 members (excludes halogenated alkanes) is 1. The zero-order valence-electron chi connectivity index (χ0n) is 21.4. The topological polar surface area (TPSA) is 52.1 Å². The number of guanidine groups is 1. The minimum atomic E-state index is 0.200. The largest absolute Gasteiger partial charge is 0.490 e. The molecule has 2 N–H and O–H groups in total. The van der Waals surface area contributed by atoms with Gasteiger partial charge in [-0.25, -0.2) is 4.99 Å². The molecule has 0 saturated carbocycles. The number of hydrogen-bond donors (Lipinski definition) is 2. The van der Waals surface area contributed by atoms with E-state index >= 15 is 0 Å². The van der Waals surface area contributed by atoms with Gasteiger partial charge in [-0.15, -0.1) is 0 Å². The molecule has 0 radical (unpaired) electrons. The predicted molar refractivity (Wildman–Crippen MR) is 137 cm³/mol. The first kappa shape index (κ1) is 26.5. The van der Waals surface area contributed by atoms with Crippen molar-refractivity contribution in [3.8, 4) is 5.75 Å². The van der Waals surface area contributed by atoms with Crippen LogP contribution in [0.1, 0.15) is 58.1 Å². The maximum absolute atomic E-state index is 6.29. The summed E-state index contributed by atoms with van der Waals surface area (Å²) in [4.78, 5) is 9.83. The van der Waals surface area contributed by atoms with Crippen molar-refractivity contribution in [2.24, 2.45) is 10.9 Å². The first-order chi connectivity index (χ1) is 15.4.